The summed E-state index contributed by atoms with van der Waals surface area (Å²) in [5.41, 5.74) is 3.53. The highest BCUT2D eigenvalue weighted by atomic mass is 32.1. The Morgan fingerprint density at radius 3 is 2.89 bits per heavy atom. The van der Waals surface area contributed by atoms with Gasteiger partial charge in [-0.2, -0.15) is 0 Å². The van der Waals surface area contributed by atoms with Crippen LogP contribution in [-0.2, 0) is 16.1 Å². The highest BCUT2D eigenvalue weighted by Crippen LogP contribution is 2.43. The van der Waals surface area contributed by atoms with Gasteiger partial charge in [-0.25, -0.2) is 0 Å². The number of anilines is 2. The van der Waals surface area contributed by atoms with E-state index in [1.165, 1.54) is 0 Å². The second-order valence-electron chi connectivity index (χ2n) is 9.00. The number of methoxy groups -OCH3 is 1. The van der Waals surface area contributed by atoms with Crippen LogP contribution in [0.4, 0.5) is 11.4 Å². The van der Waals surface area contributed by atoms with E-state index < -0.39 is 0 Å². The molecule has 2 fully saturated rings. The Balaban J connectivity index is 1.55. The SMILES string of the molecule is CCC(=O)Nc1ccc(N2C(=S)N[C@H](c3ccccn3)[C@@H]2c2cccn2C[C@H]2CCCO2)cc1OC. The second kappa shape index (κ2) is 10.7. The monoisotopic (exact) mass is 505 g/mol. The molecule has 2 aliphatic heterocycles. The molecule has 1 aromatic carbocycles. The van der Waals surface area contributed by atoms with Crippen molar-refractivity contribution in [2.75, 3.05) is 23.9 Å². The van der Waals surface area contributed by atoms with Crippen molar-refractivity contribution in [1.82, 2.24) is 14.9 Å². The zero-order valence-corrected chi connectivity index (χ0v) is 21.3. The van der Waals surface area contributed by atoms with Crippen molar-refractivity contribution in [3.05, 3.63) is 72.3 Å². The Labute approximate surface area is 216 Å². The number of aromatic nitrogens is 2. The number of hydrogen-bond acceptors (Lipinski definition) is 5. The number of amides is 1. The van der Waals surface area contributed by atoms with Crippen LogP contribution in [0.3, 0.4) is 0 Å². The lowest BCUT2D eigenvalue weighted by Crippen LogP contribution is -2.31. The summed E-state index contributed by atoms with van der Waals surface area (Å²) in [5, 5.41) is 7.02. The fourth-order valence-electron chi connectivity index (χ4n) is 4.97. The molecule has 2 saturated heterocycles. The fourth-order valence-corrected chi connectivity index (χ4v) is 5.32. The molecule has 5 rings (SSSR count). The predicted molar refractivity (Wildman–Crippen MR) is 143 cm³/mol. The van der Waals surface area contributed by atoms with Crippen molar-refractivity contribution in [2.24, 2.45) is 0 Å². The molecule has 3 aromatic rings. The first-order valence-corrected chi connectivity index (χ1v) is 12.7. The van der Waals surface area contributed by atoms with E-state index in [9.17, 15) is 4.79 Å². The molecule has 36 heavy (non-hydrogen) atoms. The lowest BCUT2D eigenvalue weighted by molar-refractivity contribution is -0.115. The highest BCUT2D eigenvalue weighted by molar-refractivity contribution is 7.80. The highest BCUT2D eigenvalue weighted by Gasteiger charge is 2.42. The molecule has 2 N–H and O–H groups in total. The quantitative estimate of drug-likeness (QED) is 0.433. The lowest BCUT2D eigenvalue weighted by Gasteiger charge is -2.30. The van der Waals surface area contributed by atoms with Gasteiger partial charge < -0.3 is 29.6 Å². The van der Waals surface area contributed by atoms with E-state index in [4.69, 9.17) is 21.7 Å². The molecule has 0 bridgehead atoms. The van der Waals surface area contributed by atoms with E-state index in [-0.39, 0.29) is 24.1 Å². The number of pyridine rings is 1. The number of rotatable bonds is 8. The van der Waals surface area contributed by atoms with Crippen LogP contribution in [0.5, 0.6) is 5.75 Å². The molecule has 0 spiro atoms. The maximum absolute atomic E-state index is 12.0. The van der Waals surface area contributed by atoms with Crippen molar-refractivity contribution in [3.63, 3.8) is 0 Å². The minimum atomic E-state index is -0.151. The Morgan fingerprint density at radius 1 is 1.28 bits per heavy atom. The molecule has 9 heteroatoms. The normalized spacial score (nSPS) is 21.4. The minimum Gasteiger partial charge on any atom is -0.494 e. The van der Waals surface area contributed by atoms with Crippen molar-refractivity contribution in [1.29, 1.82) is 0 Å². The van der Waals surface area contributed by atoms with E-state index in [0.29, 0.717) is 23.0 Å². The third-order valence-electron chi connectivity index (χ3n) is 6.75. The summed E-state index contributed by atoms with van der Waals surface area (Å²) >= 11 is 5.88. The molecule has 0 saturated carbocycles. The Morgan fingerprint density at radius 2 is 2.17 bits per heavy atom. The molecule has 0 radical (unpaired) electrons. The third kappa shape index (κ3) is 4.81. The standard InChI is InChI=1S/C27H31N5O3S/c1-3-24(33)29-20-12-11-18(16-23(20)34-2)32-26(25(30-27(32)36)21-9-4-5-13-28-21)22-10-6-14-31(22)17-19-8-7-15-35-19/h4-6,9-14,16,19,25-26H,3,7-8,15,17H2,1-2H3,(H,29,33)(H,30,36)/t19-,25-,26+/m1/s1. The van der Waals surface area contributed by atoms with E-state index in [1.807, 2.05) is 43.3 Å². The third-order valence-corrected chi connectivity index (χ3v) is 7.06. The molecular formula is C27H31N5O3S. The van der Waals surface area contributed by atoms with Crippen LogP contribution in [0.15, 0.2) is 60.9 Å². The summed E-state index contributed by atoms with van der Waals surface area (Å²) < 4.78 is 13.8. The van der Waals surface area contributed by atoms with Gasteiger partial charge in [-0.3, -0.25) is 9.78 Å². The topological polar surface area (TPSA) is 80.7 Å². The smallest absolute Gasteiger partial charge is 0.224 e. The first-order valence-electron chi connectivity index (χ1n) is 12.3. The largest absolute Gasteiger partial charge is 0.494 e. The Bertz CT molecular complexity index is 1230. The number of nitrogens with zero attached hydrogens (tertiary/aromatic N) is 3. The van der Waals surface area contributed by atoms with Crippen molar-refractivity contribution in [3.8, 4) is 5.75 Å². The van der Waals surface area contributed by atoms with Crippen molar-refractivity contribution in [2.45, 2.75) is 50.9 Å². The number of carbonyl (C=O) groups excluding carboxylic acids is 1. The fraction of sp³-hybridized carbons (Fsp3) is 0.370. The van der Waals surface area contributed by atoms with Crippen molar-refractivity contribution < 1.29 is 14.3 Å². The van der Waals surface area contributed by atoms with E-state index >= 15 is 0 Å². The minimum absolute atomic E-state index is 0.0699. The number of ether oxygens (including phenoxy) is 2. The number of nitrogens with one attached hydrogen (secondary N) is 2. The van der Waals surface area contributed by atoms with Gasteiger partial charge in [0.15, 0.2) is 5.11 Å². The molecule has 188 valence electrons. The number of thiocarbonyl (C=S) groups is 1. The van der Waals surface area contributed by atoms with Crippen LogP contribution in [0.2, 0.25) is 0 Å². The molecule has 0 aliphatic carbocycles. The second-order valence-corrected chi connectivity index (χ2v) is 9.39. The molecule has 1 amide bonds. The number of carbonyl (C=O) groups is 1. The van der Waals surface area contributed by atoms with Gasteiger partial charge in [0.1, 0.15) is 11.8 Å². The summed E-state index contributed by atoms with van der Waals surface area (Å²) in [6, 6.07) is 15.6. The number of hydrogen-bond donors (Lipinski definition) is 2. The summed E-state index contributed by atoms with van der Waals surface area (Å²) in [6.45, 7) is 3.43. The zero-order chi connectivity index (χ0) is 25.1. The van der Waals surface area contributed by atoms with Crippen LogP contribution in [0.25, 0.3) is 0 Å². The summed E-state index contributed by atoms with van der Waals surface area (Å²) in [4.78, 5) is 18.8. The Hall–Kier alpha value is -3.43. The maximum Gasteiger partial charge on any atom is 0.224 e. The maximum atomic E-state index is 12.0. The molecule has 0 unspecified atom stereocenters. The van der Waals surface area contributed by atoms with Gasteiger partial charge in [-0.05, 0) is 61.5 Å². The van der Waals surface area contributed by atoms with E-state index in [0.717, 1.165) is 43.1 Å². The van der Waals surface area contributed by atoms with E-state index in [2.05, 4.69) is 43.4 Å². The van der Waals surface area contributed by atoms with Crippen LogP contribution in [-0.4, -0.2) is 40.4 Å². The lowest BCUT2D eigenvalue weighted by atomic mass is 10.0. The van der Waals surface area contributed by atoms with Gasteiger partial charge >= 0.3 is 0 Å². The van der Waals surface area contributed by atoms with Gasteiger partial charge in [0.05, 0.1) is 30.6 Å². The first-order chi connectivity index (χ1) is 17.6. The molecule has 3 atom stereocenters. The Kier molecular flexibility index (Phi) is 7.20. The summed E-state index contributed by atoms with van der Waals surface area (Å²) in [5.74, 6) is 0.506. The van der Waals surface area contributed by atoms with Gasteiger partial charge in [0, 0.05) is 49.4 Å². The summed E-state index contributed by atoms with van der Waals surface area (Å²) in [7, 11) is 1.60. The van der Waals surface area contributed by atoms with Gasteiger partial charge in [0.2, 0.25) is 5.91 Å². The van der Waals surface area contributed by atoms with Crippen LogP contribution >= 0.6 is 12.2 Å². The molecular weight excluding hydrogens is 474 g/mol. The molecule has 2 aromatic heterocycles. The van der Waals surface area contributed by atoms with Crippen LogP contribution in [0.1, 0.15) is 49.7 Å². The van der Waals surface area contributed by atoms with Crippen LogP contribution in [0, 0.1) is 0 Å². The summed E-state index contributed by atoms with van der Waals surface area (Å²) in [6.07, 6.45) is 6.67. The van der Waals surface area contributed by atoms with Crippen LogP contribution < -0.4 is 20.3 Å². The van der Waals surface area contributed by atoms with Gasteiger partial charge in [-0.15, -0.1) is 0 Å². The predicted octanol–water partition coefficient (Wildman–Crippen LogP) is 4.60. The van der Waals surface area contributed by atoms with Gasteiger partial charge in [0.25, 0.3) is 0 Å². The zero-order valence-electron chi connectivity index (χ0n) is 20.5. The molecule has 2 aliphatic rings. The molecule has 8 nitrogen and oxygen atoms in total. The average molecular weight is 506 g/mol. The molecule has 4 heterocycles. The van der Waals surface area contributed by atoms with Gasteiger partial charge in [-0.1, -0.05) is 13.0 Å². The number of benzene rings is 1. The van der Waals surface area contributed by atoms with E-state index in [1.54, 1.807) is 13.3 Å². The average Bonchev–Trinajstić information content (AvgIpc) is 3.65. The first kappa shape index (κ1) is 24.3. The van der Waals surface area contributed by atoms with Crippen molar-refractivity contribution >= 4 is 34.6 Å².